The van der Waals surface area contributed by atoms with E-state index in [2.05, 4.69) is 98.9 Å². The summed E-state index contributed by atoms with van der Waals surface area (Å²) in [5, 5.41) is 0. The zero-order valence-corrected chi connectivity index (χ0v) is 39.3. The number of ether oxygens (including phenoxy) is 2. The molecule has 9 heteroatoms. The summed E-state index contributed by atoms with van der Waals surface area (Å²) in [4.78, 5) is 25.1. The summed E-state index contributed by atoms with van der Waals surface area (Å²) in [5.74, 6) is -0.361. The molecule has 0 bridgehead atoms. The predicted molar refractivity (Wildman–Crippen MR) is 249 cm³/mol. The summed E-state index contributed by atoms with van der Waals surface area (Å²) in [6.45, 7) is 5.17. The van der Waals surface area contributed by atoms with E-state index in [0.29, 0.717) is 17.6 Å². The standard InChI is InChI=1S/C50H88NO7P/c1-6-8-10-12-14-16-18-20-22-24-25-26-27-28-29-31-33-35-37-39-41-43-50(52)58-49(48-57-59(53,54)56-46-44-51(3,4)5)47-55-45-42-40-38-36-34-32-30-23-21-19-17-15-13-11-9-7-2/h9,11,15,17-18,20-21,23-25,27-28,32,34,49H,6-8,10,12-14,16,19,22,26,29-31,33,35-48H2,1-5H3/b11-9-,17-15-,20-18-,23-21-,25-24-,28-27-,34-32-. The van der Waals surface area contributed by atoms with E-state index < -0.39 is 13.9 Å². The Morgan fingerprint density at radius 3 is 1.47 bits per heavy atom. The van der Waals surface area contributed by atoms with Crippen LogP contribution in [0.3, 0.4) is 0 Å². The van der Waals surface area contributed by atoms with Gasteiger partial charge in [0.25, 0.3) is 7.82 Å². The molecular formula is C50H88NO7P. The lowest BCUT2D eigenvalue weighted by atomic mass is 10.1. The maximum Gasteiger partial charge on any atom is 0.306 e. The number of carbonyl (C=O) groups is 1. The molecule has 0 aromatic carbocycles. The number of nitrogens with zero attached hydrogens (tertiary/aromatic N) is 1. The quantitative estimate of drug-likeness (QED) is 0.0199. The first kappa shape index (κ1) is 56.7. The summed E-state index contributed by atoms with van der Waals surface area (Å²) < 4.78 is 34.6. The van der Waals surface area contributed by atoms with Crippen LogP contribution in [0.15, 0.2) is 85.1 Å². The molecule has 0 aromatic heterocycles. The molecule has 0 saturated carbocycles. The SMILES string of the molecule is CC/C=C\C/C=C\C/C=C\C/C=C\CCCCCOCC(COP(=O)([O-])OCC[N+](C)(C)C)OC(=O)CCCCCCCC/C=C\C/C=C\C/C=C\CCCCCCC. The molecule has 0 radical (unpaired) electrons. The van der Waals surface area contributed by atoms with Gasteiger partial charge in [-0.25, -0.2) is 0 Å². The van der Waals surface area contributed by atoms with E-state index in [1.807, 2.05) is 21.1 Å². The van der Waals surface area contributed by atoms with Crippen LogP contribution < -0.4 is 4.89 Å². The minimum atomic E-state index is -4.55. The van der Waals surface area contributed by atoms with E-state index in [1.165, 1.54) is 51.4 Å². The summed E-state index contributed by atoms with van der Waals surface area (Å²) in [6.07, 6.45) is 56.0. The number of quaternary nitrogens is 1. The minimum Gasteiger partial charge on any atom is -0.756 e. The molecule has 8 nitrogen and oxygen atoms in total. The molecule has 0 rings (SSSR count). The van der Waals surface area contributed by atoms with Crippen molar-refractivity contribution < 1.29 is 37.3 Å². The van der Waals surface area contributed by atoms with Crippen LogP contribution in [0.25, 0.3) is 0 Å². The summed E-state index contributed by atoms with van der Waals surface area (Å²) in [5.41, 5.74) is 0. The average molecular weight is 846 g/mol. The van der Waals surface area contributed by atoms with Gasteiger partial charge in [-0.3, -0.25) is 9.36 Å². The van der Waals surface area contributed by atoms with Crippen molar-refractivity contribution in [3.8, 4) is 0 Å². The monoisotopic (exact) mass is 846 g/mol. The maximum atomic E-state index is 12.7. The molecule has 0 saturated heterocycles. The van der Waals surface area contributed by atoms with Gasteiger partial charge in [0.2, 0.25) is 0 Å². The lowest BCUT2D eigenvalue weighted by molar-refractivity contribution is -0.870. The Kier molecular flexibility index (Phi) is 40.7. The first-order valence-corrected chi connectivity index (χ1v) is 24.8. The Morgan fingerprint density at radius 1 is 0.542 bits per heavy atom. The molecule has 0 aliphatic heterocycles. The molecule has 0 spiro atoms. The third-order valence-corrected chi connectivity index (χ3v) is 10.4. The molecule has 0 N–H and O–H groups in total. The first-order valence-electron chi connectivity index (χ1n) is 23.3. The van der Waals surface area contributed by atoms with Gasteiger partial charge in [0, 0.05) is 13.0 Å². The Balaban J connectivity index is 4.30. The molecule has 0 amide bonds. The lowest BCUT2D eigenvalue weighted by Gasteiger charge is -2.28. The fourth-order valence-electron chi connectivity index (χ4n) is 5.84. The number of unbranched alkanes of at least 4 members (excludes halogenated alkanes) is 14. The van der Waals surface area contributed by atoms with Crippen LogP contribution in [-0.4, -0.2) is 70.7 Å². The van der Waals surface area contributed by atoms with Crippen molar-refractivity contribution in [1.82, 2.24) is 0 Å². The Labute approximate surface area is 363 Å². The van der Waals surface area contributed by atoms with Gasteiger partial charge in [0.15, 0.2) is 0 Å². The van der Waals surface area contributed by atoms with E-state index >= 15 is 0 Å². The summed E-state index contributed by atoms with van der Waals surface area (Å²) in [7, 11) is 1.31. The van der Waals surface area contributed by atoms with E-state index in [9.17, 15) is 14.3 Å². The molecule has 59 heavy (non-hydrogen) atoms. The number of rotatable bonds is 42. The Bertz CT molecular complexity index is 1210. The second-order valence-electron chi connectivity index (χ2n) is 16.4. The summed E-state index contributed by atoms with van der Waals surface area (Å²) in [6, 6.07) is 0. The van der Waals surface area contributed by atoms with Crippen LogP contribution in [0.5, 0.6) is 0 Å². The van der Waals surface area contributed by atoms with Gasteiger partial charge in [-0.2, -0.15) is 0 Å². The first-order chi connectivity index (χ1) is 28.6. The molecule has 0 aliphatic rings. The lowest BCUT2D eigenvalue weighted by Crippen LogP contribution is -2.37. The zero-order chi connectivity index (χ0) is 43.4. The molecule has 2 atom stereocenters. The largest absolute Gasteiger partial charge is 0.756 e. The number of allylic oxidation sites excluding steroid dienone is 14. The normalized spacial score (nSPS) is 14.5. The van der Waals surface area contributed by atoms with Crippen molar-refractivity contribution in [2.75, 3.05) is 54.1 Å². The van der Waals surface area contributed by atoms with Crippen LogP contribution in [0, 0.1) is 0 Å². The number of phosphoric acid groups is 1. The summed E-state index contributed by atoms with van der Waals surface area (Å²) >= 11 is 0. The van der Waals surface area contributed by atoms with Gasteiger partial charge in [-0.05, 0) is 89.9 Å². The van der Waals surface area contributed by atoms with Crippen LogP contribution in [0.2, 0.25) is 0 Å². The number of likely N-dealkylation sites (N-methyl/N-ethyl adjacent to an activating group) is 1. The van der Waals surface area contributed by atoms with E-state index in [4.69, 9.17) is 18.5 Å². The van der Waals surface area contributed by atoms with Crippen LogP contribution in [0.4, 0.5) is 0 Å². The van der Waals surface area contributed by atoms with Gasteiger partial charge in [-0.15, -0.1) is 0 Å². The van der Waals surface area contributed by atoms with Crippen molar-refractivity contribution >= 4 is 13.8 Å². The number of phosphoric ester groups is 1. The molecule has 0 aliphatic carbocycles. The molecule has 0 fully saturated rings. The van der Waals surface area contributed by atoms with Gasteiger partial charge < -0.3 is 27.9 Å². The van der Waals surface area contributed by atoms with Crippen molar-refractivity contribution in [3.63, 3.8) is 0 Å². The Morgan fingerprint density at radius 2 is 0.983 bits per heavy atom. The third kappa shape index (κ3) is 46.6. The second-order valence-corrected chi connectivity index (χ2v) is 17.8. The minimum absolute atomic E-state index is 0.0120. The smallest absolute Gasteiger partial charge is 0.306 e. The number of carbonyl (C=O) groups excluding carboxylic acids is 1. The van der Waals surface area contributed by atoms with Gasteiger partial charge in [0.05, 0.1) is 34.4 Å². The fraction of sp³-hybridized carbons (Fsp3) is 0.700. The van der Waals surface area contributed by atoms with Crippen molar-refractivity contribution in [3.05, 3.63) is 85.1 Å². The van der Waals surface area contributed by atoms with E-state index in [1.54, 1.807) is 0 Å². The highest BCUT2D eigenvalue weighted by atomic mass is 31.2. The molecule has 340 valence electrons. The second kappa shape index (κ2) is 42.4. The fourth-order valence-corrected chi connectivity index (χ4v) is 6.57. The highest BCUT2D eigenvalue weighted by Crippen LogP contribution is 2.38. The molecule has 0 aromatic rings. The molecule has 0 heterocycles. The van der Waals surface area contributed by atoms with Crippen LogP contribution >= 0.6 is 7.82 Å². The number of hydrogen-bond acceptors (Lipinski definition) is 7. The number of esters is 1. The zero-order valence-electron chi connectivity index (χ0n) is 38.4. The molecular weight excluding hydrogens is 758 g/mol. The van der Waals surface area contributed by atoms with E-state index in [-0.39, 0.29) is 32.2 Å². The van der Waals surface area contributed by atoms with Crippen molar-refractivity contribution in [2.45, 2.75) is 174 Å². The van der Waals surface area contributed by atoms with Crippen molar-refractivity contribution in [2.24, 2.45) is 0 Å². The van der Waals surface area contributed by atoms with Gasteiger partial charge in [0.1, 0.15) is 19.3 Å². The van der Waals surface area contributed by atoms with Crippen molar-refractivity contribution in [1.29, 1.82) is 0 Å². The average Bonchev–Trinajstić information content (AvgIpc) is 3.19. The predicted octanol–water partition coefficient (Wildman–Crippen LogP) is 13.4. The maximum absolute atomic E-state index is 12.7. The highest BCUT2D eigenvalue weighted by molar-refractivity contribution is 7.45. The van der Waals surface area contributed by atoms with Crippen LogP contribution in [0.1, 0.15) is 168 Å². The molecule has 2 unspecified atom stereocenters. The van der Waals surface area contributed by atoms with Crippen LogP contribution in [-0.2, 0) is 27.9 Å². The topological polar surface area (TPSA) is 94.1 Å². The van der Waals surface area contributed by atoms with Gasteiger partial charge in [-0.1, -0.05) is 157 Å². The number of hydrogen-bond donors (Lipinski definition) is 0. The van der Waals surface area contributed by atoms with E-state index in [0.717, 1.165) is 96.3 Å². The highest BCUT2D eigenvalue weighted by Gasteiger charge is 2.20. The third-order valence-electron chi connectivity index (χ3n) is 9.43. The van der Waals surface area contributed by atoms with Gasteiger partial charge >= 0.3 is 5.97 Å². The Hall–Kier alpha value is -2.32.